The smallest absolute Gasteiger partial charge is 0.0495 e. The minimum absolute atomic E-state index is 1.06. The van der Waals surface area contributed by atoms with Crippen LogP contribution in [0.15, 0.2) is 54.6 Å². The molecule has 4 aromatic rings. The normalized spacial score (nSPS) is 12.8. The first-order valence-electron chi connectivity index (χ1n) is 7.82. The highest BCUT2D eigenvalue weighted by molar-refractivity contribution is 6.10. The molecular weight excluding hydrogens is 266 g/mol. The molecule has 1 aliphatic rings. The molecule has 1 nitrogen and oxygen atoms in total. The molecule has 0 saturated heterocycles. The van der Waals surface area contributed by atoms with Gasteiger partial charge in [-0.15, -0.1) is 0 Å². The van der Waals surface area contributed by atoms with Gasteiger partial charge in [0.25, 0.3) is 0 Å². The first-order chi connectivity index (χ1) is 10.7. The van der Waals surface area contributed by atoms with Gasteiger partial charge in [0.15, 0.2) is 0 Å². The highest BCUT2D eigenvalue weighted by Crippen LogP contribution is 2.41. The first kappa shape index (κ1) is 12.0. The fourth-order valence-electron chi connectivity index (χ4n) is 3.94. The van der Waals surface area contributed by atoms with Gasteiger partial charge in [0.05, 0.1) is 0 Å². The van der Waals surface area contributed by atoms with E-state index in [0.29, 0.717) is 0 Å². The molecule has 1 heteroatoms. The van der Waals surface area contributed by atoms with Crippen LogP contribution in [0.5, 0.6) is 0 Å². The van der Waals surface area contributed by atoms with Crippen molar-refractivity contribution in [1.29, 1.82) is 0 Å². The molecular formula is C21H17N. The second-order valence-corrected chi connectivity index (χ2v) is 6.44. The third-order valence-electron chi connectivity index (χ3n) is 5.08. The zero-order valence-corrected chi connectivity index (χ0v) is 12.9. The van der Waals surface area contributed by atoms with Gasteiger partial charge in [-0.2, -0.15) is 0 Å². The van der Waals surface area contributed by atoms with Crippen LogP contribution >= 0.6 is 0 Å². The maximum Gasteiger partial charge on any atom is 0.0495 e. The Labute approximate surface area is 129 Å². The average molecular weight is 283 g/mol. The fraction of sp³-hybridized carbons (Fsp3) is 0.143. The van der Waals surface area contributed by atoms with Gasteiger partial charge in [0.1, 0.15) is 0 Å². The number of nitrogens with zero attached hydrogens (tertiary/aromatic N) is 1. The van der Waals surface area contributed by atoms with Gasteiger partial charge < -0.3 is 4.57 Å². The van der Waals surface area contributed by atoms with E-state index < -0.39 is 0 Å². The summed E-state index contributed by atoms with van der Waals surface area (Å²) in [5, 5.41) is 2.74. The molecule has 0 atom stereocenters. The number of fused-ring (bicyclic) bond motifs is 6. The van der Waals surface area contributed by atoms with Gasteiger partial charge >= 0.3 is 0 Å². The quantitative estimate of drug-likeness (QED) is 0.367. The van der Waals surface area contributed by atoms with E-state index in [1.54, 1.807) is 0 Å². The van der Waals surface area contributed by atoms with Crippen molar-refractivity contribution in [3.8, 4) is 11.1 Å². The summed E-state index contributed by atoms with van der Waals surface area (Å²) in [6, 6.07) is 20.3. The molecule has 22 heavy (non-hydrogen) atoms. The highest BCUT2D eigenvalue weighted by Gasteiger charge is 2.20. The maximum absolute atomic E-state index is 2.41. The first-order valence-corrected chi connectivity index (χ1v) is 7.82. The summed E-state index contributed by atoms with van der Waals surface area (Å²) in [7, 11) is 2.18. The lowest BCUT2D eigenvalue weighted by atomic mass is 10.0. The SMILES string of the molecule is Cc1ccc2c3cc4c(cc3n(C)c2c1)-c1ccccc1C4. The van der Waals surface area contributed by atoms with Crippen molar-refractivity contribution in [1.82, 2.24) is 4.57 Å². The van der Waals surface area contributed by atoms with E-state index in [1.807, 2.05) is 0 Å². The lowest BCUT2D eigenvalue weighted by Gasteiger charge is -2.03. The topological polar surface area (TPSA) is 4.93 Å². The monoisotopic (exact) mass is 283 g/mol. The number of rotatable bonds is 0. The molecule has 1 aromatic heterocycles. The van der Waals surface area contributed by atoms with E-state index in [4.69, 9.17) is 0 Å². The van der Waals surface area contributed by atoms with Crippen molar-refractivity contribution in [2.45, 2.75) is 13.3 Å². The average Bonchev–Trinajstić information content (AvgIpc) is 3.02. The van der Waals surface area contributed by atoms with E-state index >= 15 is 0 Å². The summed E-state index contributed by atoms with van der Waals surface area (Å²) in [5.74, 6) is 0. The molecule has 0 radical (unpaired) electrons. The summed E-state index contributed by atoms with van der Waals surface area (Å²) in [6.07, 6.45) is 1.06. The molecule has 3 aromatic carbocycles. The second-order valence-electron chi connectivity index (χ2n) is 6.44. The third kappa shape index (κ3) is 1.43. The van der Waals surface area contributed by atoms with E-state index in [0.717, 1.165) is 6.42 Å². The Bertz CT molecular complexity index is 1070. The highest BCUT2D eigenvalue weighted by atomic mass is 14.9. The predicted molar refractivity (Wildman–Crippen MR) is 93.4 cm³/mol. The van der Waals surface area contributed by atoms with Crippen LogP contribution in [0.4, 0.5) is 0 Å². The van der Waals surface area contributed by atoms with Crippen LogP contribution in [0.1, 0.15) is 16.7 Å². The Kier molecular flexibility index (Phi) is 2.20. The Hall–Kier alpha value is -2.54. The van der Waals surface area contributed by atoms with Crippen LogP contribution in [0.2, 0.25) is 0 Å². The molecule has 0 aliphatic heterocycles. The molecule has 0 saturated carbocycles. The van der Waals surface area contributed by atoms with Crippen molar-refractivity contribution in [3.05, 3.63) is 71.3 Å². The zero-order chi connectivity index (χ0) is 14.8. The summed E-state index contributed by atoms with van der Waals surface area (Å²) in [5.41, 5.74) is 9.70. The zero-order valence-electron chi connectivity index (χ0n) is 12.9. The standard InChI is InChI=1S/C21H17N/c1-13-7-8-17-19-11-15-10-14-5-3-4-6-16(14)18(15)12-21(19)22(2)20(17)9-13/h3-9,11-12H,10H2,1-2H3. The second kappa shape index (κ2) is 4.01. The number of aromatic nitrogens is 1. The largest absolute Gasteiger partial charge is 0.344 e. The summed E-state index contributed by atoms with van der Waals surface area (Å²) in [4.78, 5) is 0. The van der Waals surface area contributed by atoms with Gasteiger partial charge in [-0.3, -0.25) is 0 Å². The van der Waals surface area contributed by atoms with Crippen molar-refractivity contribution in [2.24, 2.45) is 7.05 Å². The molecule has 0 bridgehead atoms. The van der Waals surface area contributed by atoms with Crippen LogP contribution in [0.3, 0.4) is 0 Å². The molecule has 0 amide bonds. The lowest BCUT2D eigenvalue weighted by molar-refractivity contribution is 1.01. The summed E-state index contributed by atoms with van der Waals surface area (Å²) in [6.45, 7) is 2.16. The fourth-order valence-corrected chi connectivity index (χ4v) is 3.94. The van der Waals surface area contributed by atoms with Gasteiger partial charge in [-0.05, 0) is 59.4 Å². The molecule has 0 spiro atoms. The minimum atomic E-state index is 1.06. The molecule has 1 aliphatic carbocycles. The van der Waals surface area contributed by atoms with Gasteiger partial charge in [-0.25, -0.2) is 0 Å². The Morgan fingerprint density at radius 2 is 1.59 bits per heavy atom. The summed E-state index contributed by atoms with van der Waals surface area (Å²) >= 11 is 0. The number of hydrogen-bond donors (Lipinski definition) is 0. The van der Waals surface area contributed by atoms with Crippen LogP contribution in [-0.2, 0) is 13.5 Å². The van der Waals surface area contributed by atoms with Crippen molar-refractivity contribution < 1.29 is 0 Å². The molecule has 0 fully saturated rings. The van der Waals surface area contributed by atoms with Crippen LogP contribution in [-0.4, -0.2) is 4.57 Å². The number of benzene rings is 3. The Morgan fingerprint density at radius 3 is 2.50 bits per heavy atom. The van der Waals surface area contributed by atoms with E-state index in [2.05, 4.69) is 73.1 Å². The third-order valence-corrected chi connectivity index (χ3v) is 5.08. The molecule has 5 rings (SSSR count). The maximum atomic E-state index is 2.41. The molecule has 0 N–H and O–H groups in total. The number of aryl methyl sites for hydroxylation is 2. The lowest BCUT2D eigenvalue weighted by Crippen LogP contribution is -1.88. The predicted octanol–water partition coefficient (Wildman–Crippen LogP) is 5.21. The van der Waals surface area contributed by atoms with Gasteiger partial charge in [-0.1, -0.05) is 36.4 Å². The van der Waals surface area contributed by atoms with Crippen LogP contribution in [0.25, 0.3) is 32.9 Å². The van der Waals surface area contributed by atoms with Crippen molar-refractivity contribution >= 4 is 21.8 Å². The van der Waals surface area contributed by atoms with Crippen molar-refractivity contribution in [3.63, 3.8) is 0 Å². The summed E-state index contributed by atoms with van der Waals surface area (Å²) < 4.78 is 2.33. The van der Waals surface area contributed by atoms with E-state index in [9.17, 15) is 0 Å². The van der Waals surface area contributed by atoms with Crippen molar-refractivity contribution in [2.75, 3.05) is 0 Å². The van der Waals surface area contributed by atoms with E-state index in [-0.39, 0.29) is 0 Å². The van der Waals surface area contributed by atoms with E-state index in [1.165, 1.54) is 49.6 Å². The van der Waals surface area contributed by atoms with Gasteiger partial charge in [0.2, 0.25) is 0 Å². The van der Waals surface area contributed by atoms with Crippen LogP contribution in [0, 0.1) is 6.92 Å². The molecule has 1 heterocycles. The molecule has 0 unspecified atom stereocenters. The minimum Gasteiger partial charge on any atom is -0.344 e. The number of hydrogen-bond acceptors (Lipinski definition) is 0. The van der Waals surface area contributed by atoms with Gasteiger partial charge in [0, 0.05) is 28.9 Å². The Morgan fingerprint density at radius 1 is 0.773 bits per heavy atom. The molecule has 106 valence electrons. The van der Waals surface area contributed by atoms with Crippen LogP contribution < -0.4 is 0 Å². The Balaban J connectivity index is 1.91.